The second kappa shape index (κ2) is 3.35. The smallest absolute Gasteiger partial charge is 0.342 e. The number of aromatic nitrogens is 2. The summed E-state index contributed by atoms with van der Waals surface area (Å²) in [5, 5.41) is 5.00. The van der Waals surface area contributed by atoms with Crippen LogP contribution in [-0.4, -0.2) is 31.7 Å². The maximum absolute atomic E-state index is 10.9. The predicted molar refractivity (Wildman–Crippen MR) is 43.0 cm³/mol. The van der Waals surface area contributed by atoms with Crippen LogP contribution in [0.3, 0.4) is 0 Å². The molecule has 6 nitrogen and oxygen atoms in total. The number of ether oxygens (including phenoxy) is 1. The van der Waals surface area contributed by atoms with Crippen molar-refractivity contribution in [3.05, 3.63) is 11.8 Å². The van der Waals surface area contributed by atoms with Crippen LogP contribution >= 0.6 is 10.7 Å². The van der Waals surface area contributed by atoms with Gasteiger partial charge in [0, 0.05) is 10.7 Å². The molecule has 1 aromatic heterocycles. The number of nitrogens with one attached hydrogen (secondary N) is 1. The average molecular weight is 225 g/mol. The number of H-pyrrole nitrogens is 1. The van der Waals surface area contributed by atoms with Crippen molar-refractivity contribution in [2.24, 2.45) is 0 Å². The maximum Gasteiger partial charge on any atom is 0.342 e. The van der Waals surface area contributed by atoms with Crippen LogP contribution in [-0.2, 0) is 13.8 Å². The van der Waals surface area contributed by atoms with Crippen molar-refractivity contribution in [3.63, 3.8) is 0 Å². The standard InChI is InChI=1S/C5H5ClN2O4S/c1-12-5(9)3-2-7-8-4(3)13(6,10)11/h2H,1H3,(H,7,8). The highest BCUT2D eigenvalue weighted by Gasteiger charge is 2.23. The first kappa shape index (κ1) is 10.0. The van der Waals surface area contributed by atoms with Gasteiger partial charge in [-0.25, -0.2) is 13.2 Å². The highest BCUT2D eigenvalue weighted by molar-refractivity contribution is 8.13. The fourth-order valence-corrected chi connectivity index (χ4v) is 1.63. The summed E-state index contributed by atoms with van der Waals surface area (Å²) < 4.78 is 26.0. The summed E-state index contributed by atoms with van der Waals surface area (Å²) in [6.45, 7) is 0. The van der Waals surface area contributed by atoms with Gasteiger partial charge >= 0.3 is 5.97 Å². The Bertz CT molecular complexity index is 423. The van der Waals surface area contributed by atoms with Gasteiger partial charge in [-0.1, -0.05) is 0 Å². The first-order valence-corrected chi connectivity index (χ1v) is 5.34. The molecule has 0 spiro atoms. The zero-order chi connectivity index (χ0) is 10.1. The van der Waals surface area contributed by atoms with Gasteiger partial charge in [-0.05, 0) is 0 Å². The van der Waals surface area contributed by atoms with E-state index in [2.05, 4.69) is 14.9 Å². The summed E-state index contributed by atoms with van der Waals surface area (Å²) in [5.41, 5.74) is -0.211. The SMILES string of the molecule is COC(=O)c1cn[nH]c1S(=O)(=O)Cl. The van der Waals surface area contributed by atoms with Crippen LogP contribution in [0.15, 0.2) is 11.2 Å². The van der Waals surface area contributed by atoms with E-state index in [9.17, 15) is 13.2 Å². The first-order valence-electron chi connectivity index (χ1n) is 3.03. The second-order valence-corrected chi connectivity index (χ2v) is 4.55. The molecule has 0 radical (unpaired) electrons. The Morgan fingerprint density at radius 2 is 2.31 bits per heavy atom. The van der Waals surface area contributed by atoms with Crippen molar-refractivity contribution in [3.8, 4) is 0 Å². The molecule has 1 heterocycles. The summed E-state index contributed by atoms with van der Waals surface area (Å²) >= 11 is 0. The van der Waals surface area contributed by atoms with E-state index in [1.807, 2.05) is 0 Å². The summed E-state index contributed by atoms with van der Waals surface area (Å²) in [4.78, 5) is 10.9. The molecule has 0 aliphatic heterocycles. The molecule has 8 heteroatoms. The van der Waals surface area contributed by atoms with Gasteiger partial charge in [-0.15, -0.1) is 0 Å². The quantitative estimate of drug-likeness (QED) is 0.570. The minimum atomic E-state index is -3.99. The summed E-state index contributed by atoms with van der Waals surface area (Å²) in [5.74, 6) is -0.812. The number of hydrogen-bond donors (Lipinski definition) is 1. The number of methoxy groups -OCH3 is 1. The van der Waals surface area contributed by atoms with E-state index in [1.165, 1.54) is 0 Å². The molecule has 0 saturated heterocycles. The monoisotopic (exact) mass is 224 g/mol. The molecular weight excluding hydrogens is 220 g/mol. The van der Waals surface area contributed by atoms with Gasteiger partial charge in [0.2, 0.25) is 0 Å². The minimum absolute atomic E-state index is 0.211. The van der Waals surface area contributed by atoms with Gasteiger partial charge in [0.25, 0.3) is 9.05 Å². The van der Waals surface area contributed by atoms with E-state index >= 15 is 0 Å². The van der Waals surface area contributed by atoms with Crippen molar-refractivity contribution < 1.29 is 17.9 Å². The van der Waals surface area contributed by atoms with E-state index in [-0.39, 0.29) is 5.56 Å². The molecule has 1 N–H and O–H groups in total. The number of hydrogen-bond acceptors (Lipinski definition) is 5. The van der Waals surface area contributed by atoms with E-state index in [4.69, 9.17) is 10.7 Å². The van der Waals surface area contributed by atoms with Gasteiger partial charge < -0.3 is 4.74 Å². The Morgan fingerprint density at radius 3 is 2.77 bits per heavy atom. The Morgan fingerprint density at radius 1 is 1.69 bits per heavy atom. The lowest BCUT2D eigenvalue weighted by atomic mass is 10.4. The van der Waals surface area contributed by atoms with Crippen LogP contribution in [0, 0.1) is 0 Å². The lowest BCUT2D eigenvalue weighted by molar-refractivity contribution is 0.0596. The van der Waals surface area contributed by atoms with Gasteiger partial charge in [0.05, 0.1) is 13.3 Å². The summed E-state index contributed by atoms with van der Waals surface area (Å²) in [7, 11) is 2.13. The van der Waals surface area contributed by atoms with Crippen LogP contribution < -0.4 is 0 Å². The van der Waals surface area contributed by atoms with Crippen molar-refractivity contribution >= 4 is 25.7 Å². The third kappa shape index (κ3) is 1.99. The van der Waals surface area contributed by atoms with Crippen LogP contribution in [0.25, 0.3) is 0 Å². The van der Waals surface area contributed by atoms with Crippen LogP contribution in [0.2, 0.25) is 0 Å². The lowest BCUT2D eigenvalue weighted by Gasteiger charge is -1.96. The van der Waals surface area contributed by atoms with Crippen LogP contribution in [0.5, 0.6) is 0 Å². The summed E-state index contributed by atoms with van der Waals surface area (Å²) in [6, 6.07) is 0. The Labute approximate surface area is 78.3 Å². The average Bonchev–Trinajstić information content (AvgIpc) is 2.49. The number of carbonyl (C=O) groups is 1. The Balaban J connectivity index is 3.26. The van der Waals surface area contributed by atoms with Gasteiger partial charge in [-0.3, -0.25) is 5.10 Å². The van der Waals surface area contributed by atoms with E-state index in [1.54, 1.807) is 0 Å². The molecule has 0 saturated carbocycles. The Kier molecular flexibility index (Phi) is 2.58. The highest BCUT2D eigenvalue weighted by Crippen LogP contribution is 2.16. The zero-order valence-corrected chi connectivity index (χ0v) is 8.02. The molecule has 0 bridgehead atoms. The molecule has 0 aliphatic rings. The van der Waals surface area contributed by atoms with Crippen LogP contribution in [0.4, 0.5) is 0 Å². The lowest BCUT2D eigenvalue weighted by Crippen LogP contribution is -2.05. The van der Waals surface area contributed by atoms with Crippen molar-refractivity contribution in [1.29, 1.82) is 0 Å². The molecule has 1 aromatic rings. The number of halogens is 1. The molecule has 0 unspecified atom stereocenters. The summed E-state index contributed by atoms with van der Waals surface area (Å²) in [6.07, 6.45) is 1.03. The van der Waals surface area contributed by atoms with Crippen molar-refractivity contribution in [2.75, 3.05) is 7.11 Å². The van der Waals surface area contributed by atoms with Gasteiger partial charge in [0.1, 0.15) is 5.56 Å². The fraction of sp³-hybridized carbons (Fsp3) is 0.200. The molecule has 13 heavy (non-hydrogen) atoms. The van der Waals surface area contributed by atoms with Gasteiger partial charge in [-0.2, -0.15) is 5.10 Å². The third-order valence-electron chi connectivity index (χ3n) is 1.25. The molecule has 0 amide bonds. The number of carbonyl (C=O) groups excluding carboxylic acids is 1. The fourth-order valence-electron chi connectivity index (χ4n) is 0.716. The zero-order valence-electron chi connectivity index (χ0n) is 6.44. The topological polar surface area (TPSA) is 89.1 Å². The maximum atomic E-state index is 10.9. The van der Waals surface area contributed by atoms with E-state index < -0.39 is 20.0 Å². The number of aromatic amines is 1. The number of nitrogens with zero attached hydrogens (tertiary/aromatic N) is 1. The molecule has 1 rings (SSSR count). The van der Waals surface area contributed by atoms with Crippen molar-refractivity contribution in [2.45, 2.75) is 5.03 Å². The molecule has 72 valence electrons. The van der Waals surface area contributed by atoms with E-state index in [0.29, 0.717) is 0 Å². The minimum Gasteiger partial charge on any atom is -0.465 e. The molecule has 0 fully saturated rings. The predicted octanol–water partition coefficient (Wildman–Crippen LogP) is 0.124. The van der Waals surface area contributed by atoms with Gasteiger partial charge in [0.15, 0.2) is 5.03 Å². The third-order valence-corrected chi connectivity index (χ3v) is 2.52. The highest BCUT2D eigenvalue weighted by atomic mass is 35.7. The molecule has 0 aliphatic carbocycles. The second-order valence-electron chi connectivity index (χ2n) is 2.04. The first-order chi connectivity index (χ1) is 5.96. The van der Waals surface area contributed by atoms with E-state index in [0.717, 1.165) is 13.3 Å². The molecule has 0 atom stereocenters. The Hall–Kier alpha value is -1.08. The largest absolute Gasteiger partial charge is 0.465 e. The number of esters is 1. The van der Waals surface area contributed by atoms with Crippen LogP contribution in [0.1, 0.15) is 10.4 Å². The number of rotatable bonds is 2. The molecular formula is C5H5ClN2O4S. The van der Waals surface area contributed by atoms with Crippen molar-refractivity contribution in [1.82, 2.24) is 10.2 Å². The normalized spacial score (nSPS) is 11.2. The molecule has 0 aromatic carbocycles.